The van der Waals surface area contributed by atoms with Crippen molar-refractivity contribution in [3.63, 3.8) is 0 Å². The summed E-state index contributed by atoms with van der Waals surface area (Å²) >= 11 is 0. The molecular weight excluding hydrogens is 576 g/mol. The predicted octanol–water partition coefficient (Wildman–Crippen LogP) is 3.40. The summed E-state index contributed by atoms with van der Waals surface area (Å²) in [6.45, 7) is 5.75. The Bertz CT molecular complexity index is 1860. The summed E-state index contributed by atoms with van der Waals surface area (Å²) in [5.74, 6) is -0.994. The van der Waals surface area contributed by atoms with Crippen LogP contribution in [0, 0.1) is 5.92 Å². The normalized spacial score (nSPS) is 26.2. The Kier molecular flexibility index (Phi) is 6.70. The molecule has 1 saturated heterocycles. The average Bonchev–Trinajstić information content (AvgIpc) is 3.60. The first-order chi connectivity index (χ1) is 21.0. The van der Waals surface area contributed by atoms with Crippen LogP contribution >= 0.6 is 0 Å². The van der Waals surface area contributed by atoms with Crippen LogP contribution in [0.3, 0.4) is 0 Å². The number of para-hydroxylation sites is 1. The van der Waals surface area contributed by atoms with E-state index < -0.39 is 31.5 Å². The number of nitrogens with zero attached hydrogens (tertiary/aromatic N) is 2. The summed E-state index contributed by atoms with van der Waals surface area (Å²) in [6.07, 6.45) is -0.202. The Balaban J connectivity index is 1.25. The molecule has 4 N–H and O–H groups in total. The van der Waals surface area contributed by atoms with Crippen molar-refractivity contribution < 1.29 is 24.2 Å². The highest BCUT2D eigenvalue weighted by atomic mass is 28.4. The predicted molar refractivity (Wildman–Crippen MR) is 168 cm³/mol. The van der Waals surface area contributed by atoms with Crippen molar-refractivity contribution in [3.05, 3.63) is 93.8 Å². The van der Waals surface area contributed by atoms with Crippen molar-refractivity contribution in [2.75, 3.05) is 11.9 Å². The minimum atomic E-state index is -2.99. The first-order valence-corrected chi connectivity index (χ1v) is 18.1. The first kappa shape index (κ1) is 28.7. The number of hydrogen-bond donors (Lipinski definition) is 4. The molecule has 2 amide bonds. The van der Waals surface area contributed by atoms with Gasteiger partial charge in [0.05, 0.1) is 41.8 Å². The van der Waals surface area contributed by atoms with Crippen molar-refractivity contribution in [2.24, 2.45) is 5.92 Å². The quantitative estimate of drug-likeness (QED) is 0.255. The van der Waals surface area contributed by atoms with Crippen LogP contribution < -0.4 is 10.9 Å². The third kappa shape index (κ3) is 4.29. The van der Waals surface area contributed by atoms with E-state index in [1.54, 1.807) is 29.2 Å². The van der Waals surface area contributed by atoms with Crippen LogP contribution in [-0.2, 0) is 32.9 Å². The van der Waals surface area contributed by atoms with Crippen molar-refractivity contribution >= 4 is 36.7 Å². The lowest BCUT2D eigenvalue weighted by atomic mass is 9.82. The molecule has 3 aromatic carbocycles. The fourth-order valence-electron chi connectivity index (χ4n) is 7.80. The zero-order chi connectivity index (χ0) is 31.0. The molecule has 1 aromatic heterocycles. The SMILES string of the molecule is C[C@@H]1[C@@H]([Si](C)(C)O)[C@H](CC(=O)N2Cc3ccccc3C[C@H]2CO)O[C@@]12C(=O)Nc1ccc(-n3[nH]c4ccccc4c3=O)cc12. The summed E-state index contributed by atoms with van der Waals surface area (Å²) in [5, 5.41) is 16.8. The van der Waals surface area contributed by atoms with Crippen LogP contribution in [0.15, 0.2) is 71.5 Å². The molecule has 4 heterocycles. The van der Waals surface area contributed by atoms with Crippen LogP contribution in [0.25, 0.3) is 16.6 Å². The van der Waals surface area contributed by atoms with Gasteiger partial charge in [0, 0.05) is 29.3 Å². The highest BCUT2D eigenvalue weighted by molar-refractivity contribution is 6.71. The maximum atomic E-state index is 13.9. The number of benzene rings is 3. The van der Waals surface area contributed by atoms with E-state index in [-0.39, 0.29) is 36.4 Å². The topological polar surface area (TPSA) is 137 Å². The van der Waals surface area contributed by atoms with E-state index in [1.807, 2.05) is 62.5 Å². The number of fused-ring (bicyclic) bond motifs is 4. The monoisotopic (exact) mass is 612 g/mol. The van der Waals surface area contributed by atoms with Gasteiger partial charge in [0.25, 0.3) is 11.5 Å². The maximum absolute atomic E-state index is 13.9. The van der Waals surface area contributed by atoms with Gasteiger partial charge < -0.3 is 24.9 Å². The second kappa shape index (κ2) is 10.3. The van der Waals surface area contributed by atoms with Gasteiger partial charge in [-0.2, -0.15) is 0 Å². The molecule has 1 fully saturated rings. The Labute approximate surface area is 255 Å². The average molecular weight is 613 g/mol. The number of aliphatic hydroxyl groups excluding tert-OH is 1. The molecule has 4 aromatic rings. The number of nitrogens with one attached hydrogen (secondary N) is 2. The molecule has 0 unspecified atom stereocenters. The molecule has 10 nitrogen and oxygen atoms in total. The van der Waals surface area contributed by atoms with E-state index >= 15 is 0 Å². The molecule has 44 heavy (non-hydrogen) atoms. The molecule has 11 heteroatoms. The highest BCUT2D eigenvalue weighted by Gasteiger charge is 2.65. The summed E-state index contributed by atoms with van der Waals surface area (Å²) in [4.78, 5) is 54.3. The fraction of sp³-hybridized carbons (Fsp3) is 0.364. The zero-order valence-electron chi connectivity index (χ0n) is 24.9. The number of aromatic amines is 1. The van der Waals surface area contributed by atoms with Crippen molar-refractivity contribution in [3.8, 4) is 5.69 Å². The number of ether oxygens (including phenoxy) is 1. The van der Waals surface area contributed by atoms with E-state index in [1.165, 1.54) is 4.68 Å². The van der Waals surface area contributed by atoms with Gasteiger partial charge in [0.15, 0.2) is 13.9 Å². The highest BCUT2D eigenvalue weighted by Crippen LogP contribution is 2.58. The molecule has 0 aliphatic carbocycles. The van der Waals surface area contributed by atoms with Gasteiger partial charge in [0.1, 0.15) is 0 Å². The van der Waals surface area contributed by atoms with Crippen LogP contribution in [0.1, 0.15) is 30.0 Å². The number of H-pyrrole nitrogens is 1. The Morgan fingerprint density at radius 2 is 1.80 bits per heavy atom. The molecule has 3 aliphatic heterocycles. The standard InChI is InChI=1S/C33H36N4O6Si/c1-19-30(44(2,3)42)28(16-29(39)36-17-21-9-5-4-8-20(21)14-23(36)18-38)43-33(19)25-15-22(12-13-27(25)34-32(33)41)37-31(40)24-10-6-7-11-26(24)35-37/h4-13,15,19,23,28,30,35,38,42H,14,16-18H2,1-3H3,(H,34,41)/t19-,23+,28+,30-,33+/m1/s1. The van der Waals surface area contributed by atoms with Gasteiger partial charge in [-0.3, -0.25) is 19.5 Å². The van der Waals surface area contributed by atoms with Crippen molar-refractivity contribution in [1.82, 2.24) is 14.7 Å². The second-order valence-corrected chi connectivity index (χ2v) is 16.9. The van der Waals surface area contributed by atoms with E-state index in [2.05, 4.69) is 10.4 Å². The number of rotatable bonds is 5. The number of aliphatic hydroxyl groups is 1. The number of amides is 2. The van der Waals surface area contributed by atoms with E-state index in [0.29, 0.717) is 40.8 Å². The molecule has 0 saturated carbocycles. The van der Waals surface area contributed by atoms with Crippen LogP contribution in [0.4, 0.5) is 5.69 Å². The van der Waals surface area contributed by atoms with Gasteiger partial charge in [-0.15, -0.1) is 0 Å². The van der Waals surface area contributed by atoms with Gasteiger partial charge >= 0.3 is 0 Å². The molecule has 3 aliphatic rings. The number of hydrogen-bond acceptors (Lipinski definition) is 6. The van der Waals surface area contributed by atoms with Gasteiger partial charge in [-0.05, 0) is 61.0 Å². The van der Waals surface area contributed by atoms with Crippen molar-refractivity contribution in [2.45, 2.75) is 62.7 Å². The van der Waals surface area contributed by atoms with E-state index in [4.69, 9.17) is 4.74 Å². The Hall–Kier alpha value is -4.03. The molecule has 0 bridgehead atoms. The summed E-state index contributed by atoms with van der Waals surface area (Å²) < 4.78 is 8.19. The van der Waals surface area contributed by atoms with Gasteiger partial charge in [-0.1, -0.05) is 43.3 Å². The number of aromatic nitrogens is 2. The molecule has 1 spiro atoms. The summed E-state index contributed by atoms with van der Waals surface area (Å²) in [6, 6.07) is 20.1. The molecule has 228 valence electrons. The van der Waals surface area contributed by atoms with E-state index in [0.717, 1.165) is 11.1 Å². The largest absolute Gasteiger partial charge is 0.432 e. The molecule has 5 atom stereocenters. The summed E-state index contributed by atoms with van der Waals surface area (Å²) in [5.41, 5.74) is 2.46. The number of carbonyl (C=O) groups is 2. The Morgan fingerprint density at radius 1 is 1.07 bits per heavy atom. The minimum absolute atomic E-state index is 0.0316. The summed E-state index contributed by atoms with van der Waals surface area (Å²) in [7, 11) is -2.99. The fourth-order valence-corrected chi connectivity index (χ4v) is 10.4. The third-order valence-electron chi connectivity index (χ3n) is 9.84. The smallest absolute Gasteiger partial charge is 0.279 e. The Morgan fingerprint density at radius 3 is 2.52 bits per heavy atom. The molecule has 7 rings (SSSR count). The number of carbonyl (C=O) groups excluding carboxylic acids is 2. The van der Waals surface area contributed by atoms with E-state index in [9.17, 15) is 24.3 Å². The first-order valence-electron chi connectivity index (χ1n) is 15.1. The number of anilines is 1. The zero-order valence-corrected chi connectivity index (χ0v) is 25.9. The van der Waals surface area contributed by atoms with Gasteiger partial charge in [-0.25, -0.2) is 4.68 Å². The lowest BCUT2D eigenvalue weighted by Gasteiger charge is -2.37. The van der Waals surface area contributed by atoms with Gasteiger partial charge in [0.2, 0.25) is 5.91 Å². The lowest BCUT2D eigenvalue weighted by molar-refractivity contribution is -0.149. The third-order valence-corrected chi connectivity index (χ3v) is 12.3. The van der Waals surface area contributed by atoms with Crippen LogP contribution in [0.5, 0.6) is 0 Å². The minimum Gasteiger partial charge on any atom is -0.432 e. The maximum Gasteiger partial charge on any atom is 0.279 e. The lowest BCUT2D eigenvalue weighted by Crippen LogP contribution is -2.48. The second-order valence-electron chi connectivity index (χ2n) is 12.9. The molecule has 0 radical (unpaired) electrons. The molecular formula is C33H36N4O6Si. The van der Waals surface area contributed by atoms with Crippen molar-refractivity contribution in [1.29, 1.82) is 0 Å². The van der Waals surface area contributed by atoms with Crippen LogP contribution in [-0.4, -0.2) is 63.5 Å². The van der Waals surface area contributed by atoms with Crippen LogP contribution in [0.2, 0.25) is 18.6 Å².